The highest BCUT2D eigenvalue weighted by Gasteiger charge is 2.18. The first-order valence-electron chi connectivity index (χ1n) is 7.57. The lowest BCUT2D eigenvalue weighted by Gasteiger charge is -2.14. The van der Waals surface area contributed by atoms with Crippen LogP contribution in [0.5, 0.6) is 0 Å². The zero-order chi connectivity index (χ0) is 18.6. The van der Waals surface area contributed by atoms with Gasteiger partial charge in [-0.15, -0.1) is 0 Å². The number of anilines is 1. The summed E-state index contributed by atoms with van der Waals surface area (Å²) in [6, 6.07) is 5.82. The molecule has 0 fully saturated rings. The van der Waals surface area contributed by atoms with Gasteiger partial charge in [0.05, 0.1) is 11.4 Å². The number of carbonyl (C=O) groups is 2. The molecule has 2 amide bonds. The lowest BCUT2D eigenvalue weighted by molar-refractivity contribution is -0.136. The Bertz CT molecular complexity index is 876. The predicted molar refractivity (Wildman–Crippen MR) is 92.8 cm³/mol. The third kappa shape index (κ3) is 5.15. The molecule has 8 nitrogen and oxygen atoms in total. The second-order valence-corrected chi connectivity index (χ2v) is 7.82. The first-order valence-corrected chi connectivity index (χ1v) is 9.46. The molecule has 1 unspecified atom stereocenters. The first-order chi connectivity index (χ1) is 11.7. The van der Waals surface area contributed by atoms with Crippen molar-refractivity contribution < 1.29 is 18.0 Å². The van der Waals surface area contributed by atoms with Gasteiger partial charge in [-0.05, 0) is 37.6 Å². The lowest BCUT2D eigenvalue weighted by atomic mass is 10.2. The van der Waals surface area contributed by atoms with Crippen molar-refractivity contribution in [1.29, 1.82) is 0 Å². The van der Waals surface area contributed by atoms with Crippen LogP contribution in [0.2, 0.25) is 0 Å². The summed E-state index contributed by atoms with van der Waals surface area (Å²) in [5.74, 6) is -1.66. The summed E-state index contributed by atoms with van der Waals surface area (Å²) in [6.07, 6.45) is 4.45. The molecule has 2 N–H and O–H groups in total. The molecular weight excluding hydrogens is 344 g/mol. The molecule has 0 aliphatic heterocycles. The second kappa shape index (κ2) is 7.47. The molecule has 134 valence electrons. The van der Waals surface area contributed by atoms with Crippen molar-refractivity contribution in [3.63, 3.8) is 0 Å². The number of nitrogens with one attached hydrogen (secondary N) is 2. The van der Waals surface area contributed by atoms with Crippen molar-refractivity contribution >= 4 is 27.3 Å². The van der Waals surface area contributed by atoms with Gasteiger partial charge in [0.1, 0.15) is 0 Å². The molecule has 0 aliphatic carbocycles. The van der Waals surface area contributed by atoms with Crippen LogP contribution < -0.4 is 10.6 Å². The van der Waals surface area contributed by atoms with E-state index in [1.807, 2.05) is 0 Å². The van der Waals surface area contributed by atoms with Crippen LogP contribution in [0.25, 0.3) is 0 Å². The fraction of sp³-hybridized carbons (Fsp3) is 0.312. The average Bonchev–Trinajstić information content (AvgIpc) is 3.00. The minimum atomic E-state index is -3.41. The van der Waals surface area contributed by atoms with E-state index in [2.05, 4.69) is 15.7 Å². The van der Waals surface area contributed by atoms with Crippen molar-refractivity contribution in [2.24, 2.45) is 0 Å². The number of hydrogen-bond acceptors (Lipinski definition) is 5. The molecule has 9 heteroatoms. The molecule has 0 saturated carbocycles. The number of aryl methyl sites for hydroxylation is 1. The Morgan fingerprint density at radius 2 is 2.00 bits per heavy atom. The minimum absolute atomic E-state index is 0.0702. The molecule has 0 bridgehead atoms. The van der Waals surface area contributed by atoms with E-state index in [4.69, 9.17) is 0 Å². The molecule has 1 aromatic carbocycles. The van der Waals surface area contributed by atoms with Crippen molar-refractivity contribution in [2.75, 3.05) is 11.6 Å². The van der Waals surface area contributed by atoms with Gasteiger partial charge < -0.3 is 10.6 Å². The maximum atomic E-state index is 12.1. The third-order valence-electron chi connectivity index (χ3n) is 3.49. The van der Waals surface area contributed by atoms with E-state index in [1.165, 1.54) is 12.1 Å². The Labute approximate surface area is 146 Å². The summed E-state index contributed by atoms with van der Waals surface area (Å²) in [5.41, 5.74) is 0.931. The molecule has 2 aromatic rings. The minimum Gasteiger partial charge on any atom is -0.344 e. The van der Waals surface area contributed by atoms with Crippen LogP contribution in [0.3, 0.4) is 0 Å². The highest BCUT2D eigenvalue weighted by molar-refractivity contribution is 7.90. The second-order valence-electron chi connectivity index (χ2n) is 5.81. The summed E-state index contributed by atoms with van der Waals surface area (Å²) in [4.78, 5) is 24.1. The number of amides is 2. The molecule has 0 saturated heterocycles. The topological polar surface area (TPSA) is 110 Å². The number of nitrogens with zero attached hydrogens (tertiary/aromatic N) is 2. The molecule has 1 aromatic heterocycles. The van der Waals surface area contributed by atoms with Crippen LogP contribution in [0.15, 0.2) is 41.6 Å². The van der Waals surface area contributed by atoms with Gasteiger partial charge in [-0.25, -0.2) is 8.42 Å². The Hall–Kier alpha value is -2.68. The van der Waals surface area contributed by atoms with Crippen molar-refractivity contribution in [2.45, 2.75) is 31.3 Å². The molecule has 0 spiro atoms. The number of benzene rings is 1. The van der Waals surface area contributed by atoms with Crippen LogP contribution in [0.1, 0.15) is 12.5 Å². The van der Waals surface area contributed by atoms with Crippen LogP contribution in [-0.2, 0) is 26.0 Å². The highest BCUT2D eigenvalue weighted by atomic mass is 32.2. The lowest BCUT2D eigenvalue weighted by Crippen LogP contribution is -2.42. The van der Waals surface area contributed by atoms with Crippen molar-refractivity contribution in [1.82, 2.24) is 15.1 Å². The quantitative estimate of drug-likeness (QED) is 0.760. The van der Waals surface area contributed by atoms with Gasteiger partial charge in [-0.2, -0.15) is 5.10 Å². The van der Waals surface area contributed by atoms with E-state index in [0.717, 1.165) is 6.26 Å². The largest absolute Gasteiger partial charge is 0.344 e. The average molecular weight is 364 g/mol. The SMILES string of the molecule is Cc1ccc(S(C)(=O)=O)cc1NC(=O)C(=O)NC(C)Cn1cccn1. The van der Waals surface area contributed by atoms with Crippen molar-refractivity contribution in [3.05, 3.63) is 42.2 Å². The molecule has 2 rings (SSSR count). The van der Waals surface area contributed by atoms with Gasteiger partial charge in [-0.1, -0.05) is 6.07 Å². The fourth-order valence-corrected chi connectivity index (χ4v) is 2.82. The maximum Gasteiger partial charge on any atom is 0.313 e. The van der Waals surface area contributed by atoms with E-state index in [-0.39, 0.29) is 16.6 Å². The van der Waals surface area contributed by atoms with E-state index in [1.54, 1.807) is 43.1 Å². The molecule has 1 atom stereocenters. The molecular formula is C16H20N4O4S. The monoisotopic (exact) mass is 364 g/mol. The number of aromatic nitrogens is 2. The third-order valence-corrected chi connectivity index (χ3v) is 4.60. The Morgan fingerprint density at radius 1 is 1.28 bits per heavy atom. The van der Waals surface area contributed by atoms with Crippen LogP contribution in [0.4, 0.5) is 5.69 Å². The van der Waals surface area contributed by atoms with Crippen LogP contribution in [-0.4, -0.2) is 42.3 Å². The van der Waals surface area contributed by atoms with Crippen LogP contribution in [0, 0.1) is 6.92 Å². The standard InChI is InChI=1S/C16H20N4O4S/c1-11-5-6-13(25(3,23)24)9-14(11)19-16(22)15(21)18-12(2)10-20-8-4-7-17-20/h4-9,12H,10H2,1-3H3,(H,18,21)(H,19,22). The maximum absolute atomic E-state index is 12.1. The summed E-state index contributed by atoms with van der Waals surface area (Å²) in [5, 5.41) is 9.05. The smallest absolute Gasteiger partial charge is 0.313 e. The van der Waals surface area contributed by atoms with E-state index >= 15 is 0 Å². The number of carbonyl (C=O) groups excluding carboxylic acids is 2. The fourth-order valence-electron chi connectivity index (χ4n) is 2.17. The van der Waals surface area contributed by atoms with Crippen molar-refractivity contribution in [3.8, 4) is 0 Å². The van der Waals surface area contributed by atoms with E-state index in [9.17, 15) is 18.0 Å². The molecule has 0 aliphatic rings. The molecule has 25 heavy (non-hydrogen) atoms. The summed E-state index contributed by atoms with van der Waals surface area (Å²) in [6.45, 7) is 3.89. The highest BCUT2D eigenvalue weighted by Crippen LogP contribution is 2.20. The molecule has 1 heterocycles. The Kier molecular flexibility index (Phi) is 5.58. The normalized spacial score (nSPS) is 12.4. The van der Waals surface area contributed by atoms with Gasteiger partial charge in [0, 0.05) is 30.4 Å². The number of hydrogen-bond donors (Lipinski definition) is 2. The van der Waals surface area contributed by atoms with E-state index < -0.39 is 21.7 Å². The van der Waals surface area contributed by atoms with Gasteiger partial charge in [0.15, 0.2) is 9.84 Å². The van der Waals surface area contributed by atoms with Gasteiger partial charge in [-0.3, -0.25) is 14.3 Å². The van der Waals surface area contributed by atoms with Gasteiger partial charge >= 0.3 is 11.8 Å². The predicted octanol–water partition coefficient (Wildman–Crippen LogP) is 0.738. The number of rotatable bonds is 5. The molecule has 0 radical (unpaired) electrons. The van der Waals surface area contributed by atoms with E-state index in [0.29, 0.717) is 12.1 Å². The first kappa shape index (κ1) is 18.7. The summed E-state index contributed by atoms with van der Waals surface area (Å²) in [7, 11) is -3.41. The zero-order valence-corrected chi connectivity index (χ0v) is 15.0. The number of sulfone groups is 1. The summed E-state index contributed by atoms with van der Waals surface area (Å²) >= 11 is 0. The van der Waals surface area contributed by atoms with Gasteiger partial charge in [0.25, 0.3) is 0 Å². The summed E-state index contributed by atoms with van der Waals surface area (Å²) < 4.78 is 24.9. The Balaban J connectivity index is 2.02. The van der Waals surface area contributed by atoms with Crippen LogP contribution >= 0.6 is 0 Å². The Morgan fingerprint density at radius 3 is 2.60 bits per heavy atom. The zero-order valence-electron chi connectivity index (χ0n) is 14.2. The van der Waals surface area contributed by atoms with Gasteiger partial charge in [0.2, 0.25) is 0 Å².